The summed E-state index contributed by atoms with van der Waals surface area (Å²) in [7, 11) is 0. The fraction of sp³-hybridized carbons (Fsp3) is 0.273. The van der Waals surface area contributed by atoms with E-state index in [1.54, 1.807) is 0 Å². The van der Waals surface area contributed by atoms with Crippen molar-refractivity contribution in [2.75, 3.05) is 6.50 Å². The van der Waals surface area contributed by atoms with Crippen LogP contribution in [0.5, 0.6) is 0 Å². The van der Waals surface area contributed by atoms with E-state index in [1.807, 2.05) is 0 Å². The highest BCUT2D eigenvalue weighted by Gasteiger charge is 2.30. The number of hydrogen-bond donors (Lipinski definition) is 1. The summed E-state index contributed by atoms with van der Waals surface area (Å²) in [4.78, 5) is 0. The molecule has 0 aliphatic heterocycles. The number of benzene rings is 3. The molecule has 3 rings (SSSR count). The third-order valence-electron chi connectivity index (χ3n) is 3.57. The third kappa shape index (κ3) is 4.44. The molecule has 0 radical (unpaired) electrons. The maximum Gasteiger partial charge on any atom is 0.416 e. The van der Waals surface area contributed by atoms with Gasteiger partial charge in [-0.1, -0.05) is 60.5 Å². The molecule has 0 bridgehead atoms. The first-order chi connectivity index (χ1) is 17.1. The van der Waals surface area contributed by atoms with Crippen molar-refractivity contribution in [2.24, 2.45) is 0 Å². The number of hydrogen-bond acceptors (Lipinski definition) is 1. The average molecular weight is 369 g/mol. The predicted molar refractivity (Wildman–Crippen MR) is 100 cm³/mol. The Morgan fingerprint density at radius 2 is 1.92 bits per heavy atom. The summed E-state index contributed by atoms with van der Waals surface area (Å²) < 4.78 is 138. The Hall–Kier alpha value is -2.33. The van der Waals surface area contributed by atoms with Gasteiger partial charge in [0.2, 0.25) is 0 Å². The minimum absolute atomic E-state index is 0.171. The number of nitrogens with one attached hydrogen (secondary N) is 1. The van der Waals surface area contributed by atoms with Crippen LogP contribution in [-0.2, 0) is 12.6 Å². The molecular formula is C22H22F3N. The Morgan fingerprint density at radius 3 is 2.73 bits per heavy atom. The number of aryl methyl sites for hydroxylation is 1. The van der Waals surface area contributed by atoms with Gasteiger partial charge in [-0.15, -0.1) is 0 Å². The minimum Gasteiger partial charge on any atom is -0.310 e. The Bertz CT molecular complexity index is 1410. The zero-order valence-corrected chi connectivity index (χ0v) is 13.7. The van der Waals surface area contributed by atoms with Crippen LogP contribution in [0.3, 0.4) is 0 Å². The normalized spacial score (nSPS) is 22.0. The van der Waals surface area contributed by atoms with E-state index in [4.69, 9.17) is 16.4 Å². The third-order valence-corrected chi connectivity index (χ3v) is 3.57. The molecule has 3 aromatic rings. The summed E-state index contributed by atoms with van der Waals surface area (Å²) in [5.41, 5.74) is -1.81. The van der Waals surface area contributed by atoms with E-state index < -0.39 is 95.7 Å². The van der Waals surface area contributed by atoms with Crippen molar-refractivity contribution in [2.45, 2.75) is 31.9 Å². The highest BCUT2D eigenvalue weighted by Crippen LogP contribution is 2.29. The Kier molecular flexibility index (Phi) is 2.61. The smallest absolute Gasteiger partial charge is 0.310 e. The van der Waals surface area contributed by atoms with Crippen molar-refractivity contribution >= 4 is 10.8 Å². The van der Waals surface area contributed by atoms with Gasteiger partial charge in [0, 0.05) is 11.5 Å². The average Bonchev–Trinajstić information content (AvgIpc) is 2.78. The molecule has 1 N–H and O–H groups in total. The fourth-order valence-corrected chi connectivity index (χ4v) is 2.30. The number of alkyl halides is 3. The molecule has 0 fully saturated rings. The largest absolute Gasteiger partial charge is 0.416 e. The lowest BCUT2D eigenvalue weighted by atomic mass is 9.99. The van der Waals surface area contributed by atoms with Crippen LogP contribution in [0.1, 0.15) is 52.5 Å². The van der Waals surface area contributed by atoms with Crippen LogP contribution in [0.2, 0.25) is 0 Å². The van der Waals surface area contributed by atoms with E-state index in [-0.39, 0.29) is 5.56 Å². The molecule has 3 aromatic carbocycles. The minimum atomic E-state index is -4.70. The number of halogens is 3. The molecule has 0 aliphatic rings. The van der Waals surface area contributed by atoms with Gasteiger partial charge in [-0.3, -0.25) is 0 Å². The van der Waals surface area contributed by atoms with Gasteiger partial charge < -0.3 is 5.32 Å². The van der Waals surface area contributed by atoms with Gasteiger partial charge in [-0.25, -0.2) is 0 Å². The molecule has 0 saturated carbocycles. The van der Waals surface area contributed by atoms with Crippen LogP contribution in [0.25, 0.3) is 10.8 Å². The van der Waals surface area contributed by atoms with E-state index in [2.05, 4.69) is 5.32 Å². The van der Waals surface area contributed by atoms with Gasteiger partial charge in [0.05, 0.1) is 16.5 Å². The van der Waals surface area contributed by atoms with Crippen LogP contribution in [-0.4, -0.2) is 6.50 Å². The van der Waals surface area contributed by atoms with Gasteiger partial charge in [-0.2, -0.15) is 13.2 Å². The molecule has 4 heteroatoms. The van der Waals surface area contributed by atoms with Crippen molar-refractivity contribution in [3.05, 3.63) is 83.3 Å². The molecule has 26 heavy (non-hydrogen) atoms. The SMILES string of the molecule is [2H]c1c([2H])c([2H])c2c([C@]([2H])(C)NC([2H])([2H])C([2H])([2H])Cc3cccc(C(F)(F)F)c3)c([2H])c([2H])c([2H])c2c1[2H]. The topological polar surface area (TPSA) is 12.0 Å². The lowest BCUT2D eigenvalue weighted by Gasteiger charge is -2.17. The molecular weight excluding hydrogens is 335 g/mol. The summed E-state index contributed by atoms with van der Waals surface area (Å²) in [5, 5.41) is 1.17. The van der Waals surface area contributed by atoms with Crippen LogP contribution >= 0.6 is 0 Å². The van der Waals surface area contributed by atoms with Gasteiger partial charge >= 0.3 is 6.18 Å². The number of fused-ring (bicyclic) bond motifs is 1. The van der Waals surface area contributed by atoms with Gasteiger partial charge in [0.15, 0.2) is 0 Å². The Labute approximate surface area is 168 Å². The summed E-state index contributed by atoms with van der Waals surface area (Å²) >= 11 is 0. The first kappa shape index (κ1) is 8.57. The van der Waals surface area contributed by atoms with Crippen molar-refractivity contribution in [3.8, 4) is 0 Å². The zero-order valence-electron chi connectivity index (χ0n) is 25.7. The molecule has 0 aromatic heterocycles. The molecule has 0 unspecified atom stereocenters. The lowest BCUT2D eigenvalue weighted by Crippen LogP contribution is -2.20. The van der Waals surface area contributed by atoms with Crippen LogP contribution in [0.4, 0.5) is 13.2 Å². The molecule has 1 nitrogen and oxygen atoms in total. The van der Waals surface area contributed by atoms with Crippen LogP contribution in [0.15, 0.2) is 66.6 Å². The highest BCUT2D eigenvalue weighted by molar-refractivity contribution is 5.86. The highest BCUT2D eigenvalue weighted by atomic mass is 19.4. The molecule has 0 saturated heterocycles. The molecule has 0 aliphatic carbocycles. The first-order valence-corrected chi connectivity index (χ1v) is 7.60. The maximum absolute atomic E-state index is 13.1. The fourth-order valence-electron chi connectivity index (χ4n) is 2.30. The van der Waals surface area contributed by atoms with Crippen molar-refractivity contribution in [1.82, 2.24) is 5.32 Å². The molecule has 0 heterocycles. The van der Waals surface area contributed by atoms with Gasteiger partial charge in [0.1, 0.15) is 0 Å². The Balaban J connectivity index is 2.14. The van der Waals surface area contributed by atoms with Crippen LogP contribution in [0, 0.1) is 0 Å². The predicted octanol–water partition coefficient (Wildman–Crippen LogP) is 6.14. The van der Waals surface area contributed by atoms with Crippen molar-refractivity contribution in [1.29, 1.82) is 0 Å². The second-order valence-electron chi connectivity index (χ2n) is 5.43. The summed E-state index contributed by atoms with van der Waals surface area (Å²) in [6.45, 7) is -2.15. The molecule has 0 spiro atoms. The summed E-state index contributed by atoms with van der Waals surface area (Å²) in [6, 6.07) is -3.97. The van der Waals surface area contributed by atoms with Crippen molar-refractivity contribution in [3.63, 3.8) is 0 Å². The zero-order chi connectivity index (χ0) is 29.2. The van der Waals surface area contributed by atoms with Gasteiger partial charge in [0.25, 0.3) is 0 Å². The number of rotatable bonds is 6. The van der Waals surface area contributed by atoms with Crippen LogP contribution < -0.4 is 5.32 Å². The maximum atomic E-state index is 13.1. The standard InChI is InChI=1S/C22H22F3N/c1-16(20-13-5-10-18-9-2-3-12-21(18)20)26-14-6-8-17-7-4-11-19(15-17)22(23,24)25/h2-5,7,9-13,15-16,26H,6,8,14H2,1H3/t16-/m0/s1/i2D,3D,5D,6D2,9D,10D,12D,13D,14D2,16D. The molecule has 1 atom stereocenters. The van der Waals surface area contributed by atoms with E-state index in [0.717, 1.165) is 19.1 Å². The van der Waals surface area contributed by atoms with E-state index in [9.17, 15) is 13.2 Å². The van der Waals surface area contributed by atoms with Crippen molar-refractivity contribution < 1.29 is 29.6 Å². The quantitative estimate of drug-likeness (QED) is 0.550. The summed E-state index contributed by atoms with van der Waals surface area (Å²) in [6.07, 6.45) is -8.46. The first-order valence-electron chi connectivity index (χ1n) is 13.6. The summed E-state index contributed by atoms with van der Waals surface area (Å²) in [5.74, 6) is 0. The van der Waals surface area contributed by atoms with E-state index in [1.165, 1.54) is 6.07 Å². The van der Waals surface area contributed by atoms with Gasteiger partial charge in [-0.05, 0) is 54.2 Å². The molecule has 136 valence electrons. The van der Waals surface area contributed by atoms with E-state index in [0.29, 0.717) is 6.07 Å². The van der Waals surface area contributed by atoms with E-state index >= 15 is 0 Å². The second kappa shape index (κ2) is 7.92. The molecule has 0 amide bonds. The Morgan fingerprint density at radius 1 is 1.15 bits per heavy atom. The second-order valence-corrected chi connectivity index (χ2v) is 5.43. The lowest BCUT2D eigenvalue weighted by molar-refractivity contribution is -0.137. The monoisotopic (exact) mass is 369 g/mol.